The molecule has 2 aromatic carbocycles. The summed E-state index contributed by atoms with van der Waals surface area (Å²) in [6.07, 6.45) is 1.69. The van der Waals surface area contributed by atoms with Crippen molar-refractivity contribution >= 4 is 38.9 Å². The lowest BCUT2D eigenvalue weighted by molar-refractivity contribution is -0.119. The fourth-order valence-corrected chi connectivity index (χ4v) is 4.32. The topological polar surface area (TPSA) is 78.8 Å². The Morgan fingerprint density at radius 3 is 2.37 bits per heavy atom. The number of carbonyl (C=O) groups excluding carboxylic acids is 1. The van der Waals surface area contributed by atoms with E-state index in [4.69, 9.17) is 11.6 Å². The number of hydrazone groups is 1. The predicted molar refractivity (Wildman–Crippen MR) is 124 cm³/mol. The molecule has 2 rings (SSSR count). The molecule has 0 saturated heterocycles. The van der Waals surface area contributed by atoms with E-state index < -0.39 is 22.5 Å². The number of hydrogen-bond donors (Lipinski definition) is 1. The number of carbonyl (C=O) groups is 1. The van der Waals surface area contributed by atoms with Gasteiger partial charge in [-0.2, -0.15) is 5.10 Å². The highest BCUT2D eigenvalue weighted by Gasteiger charge is 2.24. The Morgan fingerprint density at radius 2 is 1.77 bits per heavy atom. The first-order chi connectivity index (χ1) is 13.9. The van der Waals surface area contributed by atoms with Crippen molar-refractivity contribution in [1.29, 1.82) is 0 Å². The summed E-state index contributed by atoms with van der Waals surface area (Å²) in [5.74, 6) is -0.531. The summed E-state index contributed by atoms with van der Waals surface area (Å²) in [7, 11) is -3.69. The van der Waals surface area contributed by atoms with Gasteiger partial charge in [-0.05, 0) is 48.9 Å². The first kappa shape index (κ1) is 23.9. The lowest BCUT2D eigenvalue weighted by Gasteiger charge is -2.25. The molecule has 1 N–H and O–H groups in total. The van der Waals surface area contributed by atoms with Crippen LogP contribution >= 0.6 is 11.6 Å². The number of sulfonamides is 1. The second kappa shape index (κ2) is 9.62. The van der Waals surface area contributed by atoms with E-state index in [1.807, 2.05) is 25.1 Å². The first-order valence-electron chi connectivity index (χ1n) is 9.52. The summed E-state index contributed by atoms with van der Waals surface area (Å²) in [6, 6.07) is 15.0. The minimum Gasteiger partial charge on any atom is -0.271 e. The third-order valence-corrected chi connectivity index (χ3v) is 6.36. The molecule has 0 spiro atoms. The lowest BCUT2D eigenvalue weighted by atomic mass is 9.80. The van der Waals surface area contributed by atoms with Gasteiger partial charge in [-0.25, -0.2) is 13.8 Å². The lowest BCUT2D eigenvalue weighted by Crippen LogP contribution is -2.39. The number of benzene rings is 2. The van der Waals surface area contributed by atoms with Gasteiger partial charge in [0.1, 0.15) is 6.54 Å². The molecular formula is C22H28ClN3O3S. The number of rotatable bonds is 8. The van der Waals surface area contributed by atoms with E-state index in [0.717, 1.165) is 16.3 Å². The molecule has 2 aromatic rings. The van der Waals surface area contributed by atoms with Crippen molar-refractivity contribution in [3.63, 3.8) is 0 Å². The van der Waals surface area contributed by atoms with Gasteiger partial charge >= 0.3 is 0 Å². The quantitative estimate of drug-likeness (QED) is 0.482. The summed E-state index contributed by atoms with van der Waals surface area (Å²) < 4.78 is 25.6. The van der Waals surface area contributed by atoms with Crippen LogP contribution in [0.25, 0.3) is 0 Å². The molecule has 1 amide bonds. The third-order valence-electron chi connectivity index (χ3n) is 4.82. The number of amides is 1. The molecule has 0 heterocycles. The van der Waals surface area contributed by atoms with Crippen molar-refractivity contribution in [1.82, 2.24) is 5.43 Å². The molecule has 0 aliphatic carbocycles. The van der Waals surface area contributed by atoms with E-state index >= 15 is 0 Å². The maximum absolute atomic E-state index is 12.5. The second-order valence-corrected chi connectivity index (χ2v) is 10.3. The van der Waals surface area contributed by atoms with Gasteiger partial charge < -0.3 is 0 Å². The zero-order valence-electron chi connectivity index (χ0n) is 17.9. The van der Waals surface area contributed by atoms with Crippen LogP contribution in [0.5, 0.6) is 0 Å². The Balaban J connectivity index is 2.11. The zero-order chi connectivity index (χ0) is 22.5. The second-order valence-electron chi connectivity index (χ2n) is 7.96. The molecular weight excluding hydrogens is 422 g/mol. The molecule has 30 heavy (non-hydrogen) atoms. The van der Waals surface area contributed by atoms with Crippen molar-refractivity contribution in [3.8, 4) is 0 Å². The van der Waals surface area contributed by atoms with Crippen LogP contribution in [-0.4, -0.2) is 32.8 Å². The predicted octanol–water partition coefficient (Wildman–Crippen LogP) is 4.27. The van der Waals surface area contributed by atoms with Gasteiger partial charge in [0, 0.05) is 10.7 Å². The molecule has 0 unspecified atom stereocenters. The van der Waals surface area contributed by atoms with Crippen LogP contribution in [-0.2, 0) is 20.2 Å². The average Bonchev–Trinajstić information content (AvgIpc) is 2.66. The van der Waals surface area contributed by atoms with E-state index in [1.165, 1.54) is 5.56 Å². The summed E-state index contributed by atoms with van der Waals surface area (Å²) >= 11 is 6.12. The highest BCUT2D eigenvalue weighted by atomic mass is 35.5. The monoisotopic (exact) mass is 449 g/mol. The Labute approximate surface area is 184 Å². The van der Waals surface area contributed by atoms with Crippen molar-refractivity contribution in [3.05, 3.63) is 64.7 Å². The number of hydrogen-bond acceptors (Lipinski definition) is 4. The molecule has 0 fully saturated rings. The zero-order valence-corrected chi connectivity index (χ0v) is 19.5. The summed E-state index contributed by atoms with van der Waals surface area (Å²) in [6.45, 7) is 7.37. The smallest absolute Gasteiger partial charge is 0.260 e. The largest absolute Gasteiger partial charge is 0.271 e. The van der Waals surface area contributed by atoms with Crippen molar-refractivity contribution in [2.24, 2.45) is 5.10 Å². The van der Waals surface area contributed by atoms with Crippen molar-refractivity contribution < 1.29 is 13.2 Å². The number of halogens is 1. The van der Waals surface area contributed by atoms with Gasteiger partial charge in [-0.15, -0.1) is 0 Å². The Hall–Kier alpha value is -2.38. The van der Waals surface area contributed by atoms with Crippen molar-refractivity contribution in [2.75, 3.05) is 17.1 Å². The van der Waals surface area contributed by atoms with Gasteiger partial charge in [0.2, 0.25) is 10.0 Å². The van der Waals surface area contributed by atoms with Gasteiger partial charge in [0.25, 0.3) is 5.91 Å². The van der Waals surface area contributed by atoms with E-state index in [-0.39, 0.29) is 5.41 Å². The number of nitrogens with one attached hydrogen (secondary N) is 1. The molecule has 6 nitrogen and oxygen atoms in total. The highest BCUT2D eigenvalue weighted by molar-refractivity contribution is 7.92. The minimum atomic E-state index is -3.69. The van der Waals surface area contributed by atoms with E-state index in [2.05, 4.69) is 36.5 Å². The molecule has 0 aliphatic rings. The van der Waals surface area contributed by atoms with Gasteiger partial charge in [0.15, 0.2) is 0 Å². The first-order valence-corrected chi connectivity index (χ1v) is 11.7. The summed E-state index contributed by atoms with van der Waals surface area (Å²) in [5.41, 5.74) is 5.18. The average molecular weight is 450 g/mol. The number of nitrogens with zero attached hydrogens (tertiary/aromatic N) is 2. The van der Waals surface area contributed by atoms with E-state index in [9.17, 15) is 13.2 Å². The standard InChI is InChI=1S/C22H28ClN3O3S/c1-16(14-22(3,4)18-10-7-6-8-11-18)24-25-21(27)15-26(30(5,28)29)20-13-9-12-19(23)17(20)2/h6-13H,14-15H2,1-5H3,(H,25,27)/b24-16-. The van der Waals surface area contributed by atoms with E-state index in [0.29, 0.717) is 22.7 Å². The molecule has 0 saturated carbocycles. The summed E-state index contributed by atoms with van der Waals surface area (Å²) in [5, 5.41) is 4.60. The van der Waals surface area contributed by atoms with E-state index in [1.54, 1.807) is 25.1 Å². The van der Waals surface area contributed by atoms with Crippen LogP contribution in [0.15, 0.2) is 53.6 Å². The van der Waals surface area contributed by atoms with Crippen molar-refractivity contribution in [2.45, 2.75) is 39.5 Å². The fourth-order valence-electron chi connectivity index (χ4n) is 3.24. The fraction of sp³-hybridized carbons (Fsp3) is 0.364. The Morgan fingerprint density at radius 1 is 1.13 bits per heavy atom. The molecule has 0 aliphatic heterocycles. The normalized spacial score (nSPS) is 12.5. The molecule has 0 aromatic heterocycles. The van der Waals surface area contributed by atoms with Gasteiger partial charge in [-0.1, -0.05) is 61.8 Å². The molecule has 0 bridgehead atoms. The van der Waals surface area contributed by atoms with Gasteiger partial charge in [0.05, 0.1) is 11.9 Å². The Bertz CT molecular complexity index is 1030. The van der Waals surface area contributed by atoms with Crippen LogP contribution in [0.4, 0.5) is 5.69 Å². The van der Waals surface area contributed by atoms with Crippen LogP contribution in [0.1, 0.15) is 38.3 Å². The maximum Gasteiger partial charge on any atom is 0.260 e. The highest BCUT2D eigenvalue weighted by Crippen LogP contribution is 2.28. The minimum absolute atomic E-state index is 0.156. The van der Waals surface area contributed by atoms with Crippen LogP contribution in [0, 0.1) is 6.92 Å². The van der Waals surface area contributed by atoms with Crippen LogP contribution in [0.3, 0.4) is 0 Å². The SMILES string of the molecule is C/C(CC(C)(C)c1ccccc1)=N/NC(=O)CN(c1cccc(Cl)c1C)S(C)(=O)=O. The van der Waals surface area contributed by atoms with Crippen LogP contribution in [0.2, 0.25) is 5.02 Å². The number of anilines is 1. The maximum atomic E-state index is 12.5. The summed E-state index contributed by atoms with van der Waals surface area (Å²) in [4.78, 5) is 12.5. The molecule has 8 heteroatoms. The molecule has 162 valence electrons. The Kier molecular flexibility index (Phi) is 7.66. The molecule has 0 atom stereocenters. The van der Waals surface area contributed by atoms with Crippen LogP contribution < -0.4 is 9.73 Å². The third kappa shape index (κ3) is 6.31. The molecule has 0 radical (unpaired) electrons. The van der Waals surface area contributed by atoms with Gasteiger partial charge in [-0.3, -0.25) is 9.10 Å².